The maximum atomic E-state index is 12.5. The predicted octanol–water partition coefficient (Wildman–Crippen LogP) is 4.63. The van der Waals surface area contributed by atoms with Gasteiger partial charge in [0.15, 0.2) is 0 Å². The quantitative estimate of drug-likeness (QED) is 0.684. The zero-order chi connectivity index (χ0) is 18.7. The lowest BCUT2D eigenvalue weighted by Gasteiger charge is -2.13. The van der Waals surface area contributed by atoms with E-state index in [4.69, 9.17) is 0 Å². The van der Waals surface area contributed by atoms with Crippen LogP contribution in [0.1, 0.15) is 0 Å². The maximum absolute atomic E-state index is 12.5. The van der Waals surface area contributed by atoms with Gasteiger partial charge in [-0.05, 0) is 24.3 Å². The molecule has 26 heavy (non-hydrogen) atoms. The first-order valence-corrected chi connectivity index (χ1v) is 7.06. The van der Waals surface area contributed by atoms with Crippen LogP contribution in [0.4, 0.5) is 28.3 Å². The minimum atomic E-state index is -4.83. The minimum absolute atomic E-state index is 0.0236. The van der Waals surface area contributed by atoms with Crippen LogP contribution in [-0.4, -0.2) is 22.4 Å². The number of rotatable bonds is 3. The highest BCUT2D eigenvalue weighted by atomic mass is 19.4. The van der Waals surface area contributed by atoms with Crippen molar-refractivity contribution >= 4 is 22.7 Å². The monoisotopic (exact) mass is 367 g/mol. The Morgan fingerprint density at radius 3 is 2.46 bits per heavy atom. The van der Waals surface area contributed by atoms with Gasteiger partial charge in [-0.1, -0.05) is 12.1 Å². The standard InChI is InChI=1S/C16H9F4N3O3/c17-16(18,19)25-13-4-2-1-3-11(13)12-5-9-8-22-14(23-15(24)26-20)6-10(9)7-21-12/h1-8H,(H,22,23,24). The van der Waals surface area contributed by atoms with E-state index in [-0.39, 0.29) is 22.8 Å². The minimum Gasteiger partial charge on any atom is -0.405 e. The summed E-state index contributed by atoms with van der Waals surface area (Å²) in [5.74, 6) is -0.362. The van der Waals surface area contributed by atoms with Crippen molar-refractivity contribution < 1.29 is 32.2 Å². The first-order valence-electron chi connectivity index (χ1n) is 7.06. The second-order valence-electron chi connectivity index (χ2n) is 5.02. The number of hydrogen-bond acceptors (Lipinski definition) is 5. The average molecular weight is 367 g/mol. The Bertz CT molecular complexity index is 963. The predicted molar refractivity (Wildman–Crippen MR) is 82.9 cm³/mol. The van der Waals surface area contributed by atoms with E-state index in [2.05, 4.69) is 19.6 Å². The number of fused-ring (bicyclic) bond motifs is 1. The Labute approximate surface area is 143 Å². The van der Waals surface area contributed by atoms with Crippen LogP contribution in [0, 0.1) is 0 Å². The summed E-state index contributed by atoms with van der Waals surface area (Å²) >= 11 is 0. The molecule has 6 nitrogen and oxygen atoms in total. The number of alkyl halides is 3. The second kappa shape index (κ2) is 6.82. The van der Waals surface area contributed by atoms with E-state index < -0.39 is 12.5 Å². The maximum Gasteiger partial charge on any atom is 0.573 e. The van der Waals surface area contributed by atoms with Gasteiger partial charge in [0.2, 0.25) is 0 Å². The first kappa shape index (κ1) is 17.4. The van der Waals surface area contributed by atoms with Gasteiger partial charge in [-0.3, -0.25) is 10.3 Å². The molecule has 0 saturated heterocycles. The number of aromatic nitrogens is 2. The highest BCUT2D eigenvalue weighted by Gasteiger charge is 2.32. The summed E-state index contributed by atoms with van der Waals surface area (Å²) in [6, 6.07) is 8.51. The lowest BCUT2D eigenvalue weighted by Crippen LogP contribution is -2.17. The van der Waals surface area contributed by atoms with Crippen molar-refractivity contribution in [1.82, 2.24) is 9.97 Å². The Hall–Kier alpha value is -3.43. The molecule has 0 atom stereocenters. The van der Waals surface area contributed by atoms with Gasteiger partial charge in [0, 0.05) is 33.3 Å². The van der Waals surface area contributed by atoms with Crippen LogP contribution in [0.15, 0.2) is 48.8 Å². The molecule has 0 spiro atoms. The molecular formula is C16H9F4N3O3. The van der Waals surface area contributed by atoms with Gasteiger partial charge in [-0.2, -0.15) is 0 Å². The molecule has 134 valence electrons. The highest BCUT2D eigenvalue weighted by molar-refractivity contribution is 5.90. The van der Waals surface area contributed by atoms with Crippen LogP contribution in [0.2, 0.25) is 0 Å². The summed E-state index contributed by atoms with van der Waals surface area (Å²) in [4.78, 5) is 21.8. The Kier molecular flexibility index (Phi) is 4.57. The normalized spacial score (nSPS) is 11.2. The molecule has 2 heterocycles. The van der Waals surface area contributed by atoms with Crippen LogP contribution >= 0.6 is 0 Å². The number of pyridine rings is 2. The van der Waals surface area contributed by atoms with Crippen molar-refractivity contribution in [3.63, 3.8) is 0 Å². The smallest absolute Gasteiger partial charge is 0.405 e. The number of amides is 1. The molecule has 0 aliphatic heterocycles. The fraction of sp³-hybridized carbons (Fsp3) is 0.0625. The summed E-state index contributed by atoms with van der Waals surface area (Å²) in [5, 5.41) is 3.10. The van der Waals surface area contributed by atoms with Gasteiger partial charge < -0.3 is 4.74 Å². The number of halogens is 4. The van der Waals surface area contributed by atoms with Crippen LogP contribution in [0.25, 0.3) is 22.0 Å². The third-order valence-corrected chi connectivity index (χ3v) is 3.29. The van der Waals surface area contributed by atoms with Crippen molar-refractivity contribution in [2.75, 3.05) is 5.32 Å². The van der Waals surface area contributed by atoms with E-state index in [9.17, 15) is 22.5 Å². The lowest BCUT2D eigenvalue weighted by molar-refractivity contribution is -0.274. The molecule has 3 aromatic rings. The number of carbonyl (C=O) groups excluding carboxylic acids is 1. The second-order valence-corrected chi connectivity index (χ2v) is 5.02. The molecule has 1 N–H and O–H groups in total. The third-order valence-electron chi connectivity index (χ3n) is 3.29. The SMILES string of the molecule is O=C(Nc1cc2cnc(-c3ccccc3OC(F)(F)F)cc2cn1)OF. The molecule has 3 rings (SSSR count). The van der Waals surface area contributed by atoms with Crippen molar-refractivity contribution in [2.45, 2.75) is 6.36 Å². The summed E-state index contributed by atoms with van der Waals surface area (Å²) < 4.78 is 53.4. The average Bonchev–Trinajstić information content (AvgIpc) is 2.60. The molecule has 0 fully saturated rings. The molecule has 0 saturated carbocycles. The number of ether oxygens (including phenoxy) is 1. The molecule has 1 aromatic carbocycles. The van der Waals surface area contributed by atoms with Crippen molar-refractivity contribution in [1.29, 1.82) is 0 Å². The molecule has 0 aliphatic carbocycles. The zero-order valence-corrected chi connectivity index (χ0v) is 12.7. The molecule has 10 heteroatoms. The van der Waals surface area contributed by atoms with E-state index in [1.165, 1.54) is 42.7 Å². The number of hydrogen-bond donors (Lipinski definition) is 1. The summed E-state index contributed by atoms with van der Waals surface area (Å²) in [6.07, 6.45) is -3.44. The van der Waals surface area contributed by atoms with E-state index in [0.717, 1.165) is 0 Å². The largest absolute Gasteiger partial charge is 0.573 e. The van der Waals surface area contributed by atoms with E-state index in [1.807, 2.05) is 5.32 Å². The third kappa shape index (κ3) is 3.97. The van der Waals surface area contributed by atoms with Gasteiger partial charge in [0.25, 0.3) is 0 Å². The molecule has 0 bridgehead atoms. The van der Waals surface area contributed by atoms with Crippen molar-refractivity contribution in [2.24, 2.45) is 0 Å². The number of para-hydroxylation sites is 1. The Morgan fingerprint density at radius 2 is 1.73 bits per heavy atom. The van der Waals surface area contributed by atoms with Crippen LogP contribution in [-0.2, 0) is 4.94 Å². The van der Waals surface area contributed by atoms with E-state index >= 15 is 0 Å². The Balaban J connectivity index is 1.98. The molecule has 1 amide bonds. The van der Waals surface area contributed by atoms with Crippen LogP contribution < -0.4 is 10.1 Å². The topological polar surface area (TPSA) is 73.3 Å². The van der Waals surface area contributed by atoms with Gasteiger partial charge >= 0.3 is 12.5 Å². The van der Waals surface area contributed by atoms with Gasteiger partial charge in [0.05, 0.1) is 5.69 Å². The first-order chi connectivity index (χ1) is 12.4. The fourth-order valence-corrected chi connectivity index (χ4v) is 2.27. The summed E-state index contributed by atoms with van der Waals surface area (Å²) in [5.41, 5.74) is 0.387. The van der Waals surface area contributed by atoms with Crippen molar-refractivity contribution in [3.8, 4) is 17.0 Å². The number of carbonyl (C=O) groups is 1. The number of anilines is 1. The fourth-order valence-electron chi connectivity index (χ4n) is 2.27. The van der Waals surface area contributed by atoms with Gasteiger partial charge in [-0.15, -0.1) is 13.2 Å². The van der Waals surface area contributed by atoms with E-state index in [0.29, 0.717) is 10.8 Å². The lowest BCUT2D eigenvalue weighted by atomic mass is 10.1. The van der Waals surface area contributed by atoms with Gasteiger partial charge in [-0.25, -0.2) is 14.7 Å². The molecule has 2 aromatic heterocycles. The molecule has 0 aliphatic rings. The molecule has 0 radical (unpaired) electrons. The van der Waals surface area contributed by atoms with Gasteiger partial charge in [0.1, 0.15) is 11.6 Å². The summed E-state index contributed by atoms with van der Waals surface area (Å²) in [7, 11) is 0. The molecular weight excluding hydrogens is 358 g/mol. The zero-order valence-electron chi connectivity index (χ0n) is 12.7. The van der Waals surface area contributed by atoms with Crippen molar-refractivity contribution in [3.05, 3.63) is 48.8 Å². The van der Waals surface area contributed by atoms with Crippen LogP contribution in [0.3, 0.4) is 0 Å². The van der Waals surface area contributed by atoms with E-state index in [1.54, 1.807) is 6.07 Å². The highest BCUT2D eigenvalue weighted by Crippen LogP contribution is 2.33. The molecule has 0 unspecified atom stereocenters. The van der Waals surface area contributed by atoms with Crippen LogP contribution in [0.5, 0.6) is 5.75 Å². The number of nitrogens with zero attached hydrogens (tertiary/aromatic N) is 2. The number of nitrogens with one attached hydrogen (secondary N) is 1. The number of benzene rings is 1. The summed E-state index contributed by atoms with van der Waals surface area (Å²) in [6.45, 7) is 0. The Morgan fingerprint density at radius 1 is 1.04 bits per heavy atom.